The summed E-state index contributed by atoms with van der Waals surface area (Å²) in [4.78, 5) is 28.0. The molecule has 0 radical (unpaired) electrons. The quantitative estimate of drug-likeness (QED) is 0.916. The lowest BCUT2D eigenvalue weighted by atomic mass is 9.94. The molecule has 0 aromatic heterocycles. The molecule has 1 aromatic rings. The zero-order valence-corrected chi connectivity index (χ0v) is 13.5. The predicted octanol–water partition coefficient (Wildman–Crippen LogP) is 1.55. The third-order valence-corrected chi connectivity index (χ3v) is 5.04. The van der Waals surface area contributed by atoms with Crippen LogP contribution in [0, 0.1) is 5.92 Å². The lowest BCUT2D eigenvalue weighted by molar-refractivity contribution is -0.138. The van der Waals surface area contributed by atoms with E-state index < -0.39 is 0 Å². The van der Waals surface area contributed by atoms with Gasteiger partial charge in [-0.2, -0.15) is 0 Å². The summed E-state index contributed by atoms with van der Waals surface area (Å²) in [5.41, 5.74) is 6.48. The van der Waals surface area contributed by atoms with E-state index in [1.165, 1.54) is 5.56 Å². The van der Waals surface area contributed by atoms with Crippen LogP contribution in [0.1, 0.15) is 37.3 Å². The minimum Gasteiger partial charge on any atom is -0.369 e. The van der Waals surface area contributed by atoms with E-state index in [0.717, 1.165) is 45.3 Å². The lowest BCUT2D eigenvalue weighted by Crippen LogP contribution is -2.44. The summed E-state index contributed by atoms with van der Waals surface area (Å²) in [5, 5.41) is 0. The monoisotopic (exact) mass is 315 g/mol. The lowest BCUT2D eigenvalue weighted by Gasteiger charge is -2.34. The van der Waals surface area contributed by atoms with Crippen LogP contribution >= 0.6 is 0 Å². The van der Waals surface area contributed by atoms with Gasteiger partial charge in [0.05, 0.1) is 12.6 Å². The summed E-state index contributed by atoms with van der Waals surface area (Å²) < 4.78 is 0. The van der Waals surface area contributed by atoms with Crippen molar-refractivity contribution in [1.29, 1.82) is 0 Å². The number of carbonyl (C=O) groups is 2. The zero-order chi connectivity index (χ0) is 16.2. The van der Waals surface area contributed by atoms with Crippen LogP contribution in [-0.2, 0) is 9.59 Å². The second-order valence-electron chi connectivity index (χ2n) is 6.62. The summed E-state index contributed by atoms with van der Waals surface area (Å²) in [6.07, 6.45) is 3.77. The maximum Gasteiger partial charge on any atom is 0.231 e. The first-order valence-corrected chi connectivity index (χ1v) is 8.51. The van der Waals surface area contributed by atoms with Gasteiger partial charge in [0.15, 0.2) is 0 Å². The number of nitrogens with zero attached hydrogens (tertiary/aromatic N) is 2. The molecule has 5 nitrogen and oxygen atoms in total. The van der Waals surface area contributed by atoms with Crippen molar-refractivity contribution in [3.05, 3.63) is 35.9 Å². The number of nitrogens with two attached hydrogens (primary N) is 1. The van der Waals surface area contributed by atoms with Crippen molar-refractivity contribution in [3.8, 4) is 0 Å². The molecule has 2 aliphatic rings. The van der Waals surface area contributed by atoms with Gasteiger partial charge in [-0.15, -0.1) is 0 Å². The molecule has 0 spiro atoms. The molecule has 2 heterocycles. The molecule has 2 saturated heterocycles. The van der Waals surface area contributed by atoms with Crippen LogP contribution in [0.4, 0.5) is 0 Å². The number of likely N-dealkylation sites (tertiary alicyclic amines) is 2. The largest absolute Gasteiger partial charge is 0.369 e. The van der Waals surface area contributed by atoms with Gasteiger partial charge in [-0.05, 0) is 44.3 Å². The van der Waals surface area contributed by atoms with Crippen LogP contribution in [0.25, 0.3) is 0 Å². The Labute approximate surface area is 137 Å². The number of hydrogen-bond donors (Lipinski definition) is 1. The number of hydrogen-bond acceptors (Lipinski definition) is 3. The van der Waals surface area contributed by atoms with Gasteiger partial charge in [-0.1, -0.05) is 30.3 Å². The molecule has 3 rings (SSSR count). The fourth-order valence-corrected chi connectivity index (χ4v) is 3.85. The van der Waals surface area contributed by atoms with Crippen molar-refractivity contribution in [2.45, 2.75) is 31.7 Å². The highest BCUT2D eigenvalue weighted by Gasteiger charge is 2.35. The topological polar surface area (TPSA) is 66.6 Å². The second-order valence-corrected chi connectivity index (χ2v) is 6.62. The Kier molecular flexibility index (Phi) is 4.96. The van der Waals surface area contributed by atoms with E-state index in [9.17, 15) is 9.59 Å². The molecule has 0 bridgehead atoms. The Hall–Kier alpha value is -1.88. The number of carbonyl (C=O) groups excluding carboxylic acids is 2. The third-order valence-electron chi connectivity index (χ3n) is 5.04. The van der Waals surface area contributed by atoms with E-state index in [0.29, 0.717) is 6.54 Å². The second kappa shape index (κ2) is 7.13. The fraction of sp³-hybridized carbons (Fsp3) is 0.556. The fourth-order valence-electron chi connectivity index (χ4n) is 3.85. The standard InChI is InChI=1S/C18H25N3O2/c19-17(22)13-20-11-8-15(9-12-20)18(23)21-10-4-7-16(21)14-5-2-1-3-6-14/h1-3,5-6,15-16H,4,7-13H2,(H2,19,22)/t16-/m0/s1. The van der Waals surface area contributed by atoms with Crippen LogP contribution in [0.3, 0.4) is 0 Å². The summed E-state index contributed by atoms with van der Waals surface area (Å²) in [7, 11) is 0. The molecule has 1 aromatic carbocycles. The van der Waals surface area contributed by atoms with Gasteiger partial charge in [0.1, 0.15) is 0 Å². The molecule has 1 atom stereocenters. The van der Waals surface area contributed by atoms with E-state index in [1.54, 1.807) is 0 Å². The minimum atomic E-state index is -0.293. The summed E-state index contributed by atoms with van der Waals surface area (Å²) in [6, 6.07) is 10.6. The molecule has 23 heavy (non-hydrogen) atoms. The molecule has 2 aliphatic heterocycles. The molecule has 2 amide bonds. The van der Waals surface area contributed by atoms with Crippen molar-refractivity contribution in [2.75, 3.05) is 26.2 Å². The first kappa shape index (κ1) is 16.0. The molecule has 0 saturated carbocycles. The summed E-state index contributed by atoms with van der Waals surface area (Å²) in [6.45, 7) is 2.73. The van der Waals surface area contributed by atoms with Crippen molar-refractivity contribution in [2.24, 2.45) is 11.7 Å². The molecule has 0 unspecified atom stereocenters. The minimum absolute atomic E-state index is 0.0865. The number of benzene rings is 1. The van der Waals surface area contributed by atoms with Gasteiger partial charge in [-0.3, -0.25) is 14.5 Å². The van der Waals surface area contributed by atoms with E-state index >= 15 is 0 Å². The number of piperidine rings is 1. The van der Waals surface area contributed by atoms with Crippen LogP contribution < -0.4 is 5.73 Å². The summed E-state index contributed by atoms with van der Waals surface area (Å²) >= 11 is 0. The van der Waals surface area contributed by atoms with Gasteiger partial charge in [-0.25, -0.2) is 0 Å². The molecule has 124 valence electrons. The molecule has 5 heteroatoms. The van der Waals surface area contributed by atoms with Crippen LogP contribution in [0.2, 0.25) is 0 Å². The average Bonchev–Trinajstić information content (AvgIpc) is 3.05. The first-order valence-electron chi connectivity index (χ1n) is 8.51. The molecular formula is C18H25N3O2. The Morgan fingerprint density at radius 3 is 2.39 bits per heavy atom. The third kappa shape index (κ3) is 3.72. The molecule has 0 aliphatic carbocycles. The number of rotatable bonds is 4. The van der Waals surface area contributed by atoms with Crippen LogP contribution in [0.5, 0.6) is 0 Å². The first-order chi connectivity index (χ1) is 11.1. The van der Waals surface area contributed by atoms with Crippen molar-refractivity contribution in [1.82, 2.24) is 9.80 Å². The van der Waals surface area contributed by atoms with E-state index in [1.807, 2.05) is 23.1 Å². The molecule has 2 fully saturated rings. The highest BCUT2D eigenvalue weighted by molar-refractivity contribution is 5.80. The maximum atomic E-state index is 12.9. The Bertz CT molecular complexity index is 553. The molecular weight excluding hydrogens is 290 g/mol. The van der Waals surface area contributed by atoms with Crippen molar-refractivity contribution >= 4 is 11.8 Å². The Morgan fingerprint density at radius 2 is 1.74 bits per heavy atom. The highest BCUT2D eigenvalue weighted by Crippen LogP contribution is 2.34. The molecule has 2 N–H and O–H groups in total. The predicted molar refractivity (Wildman–Crippen MR) is 88.5 cm³/mol. The summed E-state index contributed by atoms with van der Waals surface area (Å²) in [5.74, 6) is 0.0805. The SMILES string of the molecule is NC(=O)CN1CCC(C(=O)N2CCC[C@H]2c2ccccc2)CC1. The van der Waals surface area contributed by atoms with Gasteiger partial charge in [0.2, 0.25) is 11.8 Å². The van der Waals surface area contributed by atoms with E-state index in [4.69, 9.17) is 5.73 Å². The zero-order valence-electron chi connectivity index (χ0n) is 13.5. The Balaban J connectivity index is 1.61. The average molecular weight is 315 g/mol. The van der Waals surface area contributed by atoms with Crippen molar-refractivity contribution < 1.29 is 9.59 Å². The Morgan fingerprint density at radius 1 is 1.04 bits per heavy atom. The van der Waals surface area contributed by atoms with Gasteiger partial charge in [0, 0.05) is 12.5 Å². The maximum absolute atomic E-state index is 12.9. The van der Waals surface area contributed by atoms with Gasteiger partial charge in [0.25, 0.3) is 0 Å². The normalized spacial score (nSPS) is 23.1. The number of primary amides is 1. The smallest absolute Gasteiger partial charge is 0.231 e. The van der Waals surface area contributed by atoms with Crippen LogP contribution in [-0.4, -0.2) is 47.8 Å². The van der Waals surface area contributed by atoms with E-state index in [-0.39, 0.29) is 23.8 Å². The van der Waals surface area contributed by atoms with Crippen LogP contribution in [0.15, 0.2) is 30.3 Å². The van der Waals surface area contributed by atoms with Gasteiger partial charge < -0.3 is 10.6 Å². The number of amides is 2. The van der Waals surface area contributed by atoms with E-state index in [2.05, 4.69) is 17.0 Å². The highest BCUT2D eigenvalue weighted by atomic mass is 16.2. The van der Waals surface area contributed by atoms with Gasteiger partial charge >= 0.3 is 0 Å². The van der Waals surface area contributed by atoms with Crippen molar-refractivity contribution in [3.63, 3.8) is 0 Å².